The monoisotopic (exact) mass is 408 g/mol. The molecular weight excluding hydrogens is 388 g/mol. The van der Waals surface area contributed by atoms with Crippen molar-refractivity contribution in [3.8, 4) is 17.2 Å². The first kappa shape index (κ1) is 20.7. The van der Waals surface area contributed by atoms with Crippen molar-refractivity contribution in [2.45, 2.75) is 0 Å². The number of non-ortho nitro benzene ring substituents is 1. The number of carbonyl (C=O) groups is 1. The third-order valence-corrected chi connectivity index (χ3v) is 4.12. The molecule has 0 aliphatic heterocycles. The van der Waals surface area contributed by atoms with Gasteiger partial charge in [-0.15, -0.1) is 0 Å². The number of amides is 1. The lowest BCUT2D eigenvalue weighted by atomic mass is 10.2. The van der Waals surface area contributed by atoms with Crippen LogP contribution >= 0.6 is 0 Å². The molecule has 0 aromatic heterocycles. The molecule has 3 rings (SSSR count). The van der Waals surface area contributed by atoms with Gasteiger partial charge < -0.3 is 19.5 Å². The maximum atomic E-state index is 12.5. The normalized spacial score (nSPS) is 10.2. The second-order valence-corrected chi connectivity index (χ2v) is 6.13. The highest BCUT2D eigenvalue weighted by Crippen LogP contribution is 2.29. The van der Waals surface area contributed by atoms with Crippen LogP contribution in [-0.4, -0.2) is 31.2 Å². The van der Waals surface area contributed by atoms with Gasteiger partial charge >= 0.3 is 0 Å². The average Bonchev–Trinajstić information content (AvgIpc) is 2.78. The molecule has 0 saturated carbocycles. The number of hydrogen-bond donors (Lipinski definition) is 1. The molecule has 0 saturated heterocycles. The fourth-order valence-electron chi connectivity index (χ4n) is 2.63. The minimum Gasteiger partial charge on any atom is -0.494 e. The van der Waals surface area contributed by atoms with Crippen LogP contribution in [0.25, 0.3) is 0 Å². The van der Waals surface area contributed by atoms with Crippen molar-refractivity contribution in [2.75, 3.05) is 25.6 Å². The molecule has 8 heteroatoms. The number of nitro groups is 1. The van der Waals surface area contributed by atoms with E-state index in [1.54, 1.807) is 24.3 Å². The van der Waals surface area contributed by atoms with Gasteiger partial charge in [-0.3, -0.25) is 14.9 Å². The van der Waals surface area contributed by atoms with Crippen LogP contribution in [-0.2, 0) is 0 Å². The van der Waals surface area contributed by atoms with E-state index in [1.807, 2.05) is 30.3 Å². The molecule has 0 aliphatic carbocycles. The van der Waals surface area contributed by atoms with Gasteiger partial charge in [0.15, 0.2) is 0 Å². The lowest BCUT2D eigenvalue weighted by Gasteiger charge is -2.11. The topological polar surface area (TPSA) is 99.9 Å². The Bertz CT molecular complexity index is 1010. The summed E-state index contributed by atoms with van der Waals surface area (Å²) in [4.78, 5) is 22.8. The SMILES string of the molecule is COc1cc([N+](=O)[O-])ccc1NC(=O)c1ccc(OCCOc2ccccc2)cc1. The van der Waals surface area contributed by atoms with Crippen LogP contribution in [0.15, 0.2) is 72.8 Å². The number of ether oxygens (including phenoxy) is 3. The standard InChI is InChI=1S/C22H20N2O6/c1-28-21-15-17(24(26)27)9-12-20(21)23-22(25)16-7-10-19(11-8-16)30-14-13-29-18-5-3-2-4-6-18/h2-12,15H,13-14H2,1H3,(H,23,25). The van der Waals surface area contributed by atoms with Gasteiger partial charge in [-0.2, -0.15) is 0 Å². The Morgan fingerprint density at radius 2 is 1.57 bits per heavy atom. The molecule has 0 heterocycles. The molecule has 30 heavy (non-hydrogen) atoms. The lowest BCUT2D eigenvalue weighted by Crippen LogP contribution is -2.13. The van der Waals surface area contributed by atoms with E-state index in [1.165, 1.54) is 25.3 Å². The first-order chi connectivity index (χ1) is 14.6. The number of rotatable bonds is 9. The first-order valence-electron chi connectivity index (χ1n) is 9.11. The average molecular weight is 408 g/mol. The van der Waals surface area contributed by atoms with Crippen molar-refractivity contribution in [3.63, 3.8) is 0 Å². The summed E-state index contributed by atoms with van der Waals surface area (Å²) in [5.74, 6) is 1.21. The molecule has 0 unspecified atom stereocenters. The highest BCUT2D eigenvalue weighted by molar-refractivity contribution is 6.05. The van der Waals surface area contributed by atoms with Crippen molar-refractivity contribution >= 4 is 17.3 Å². The number of nitrogens with zero attached hydrogens (tertiary/aromatic N) is 1. The molecule has 1 N–H and O–H groups in total. The number of para-hydroxylation sites is 1. The van der Waals surface area contributed by atoms with Crippen LogP contribution < -0.4 is 19.5 Å². The van der Waals surface area contributed by atoms with Gasteiger partial charge in [0.2, 0.25) is 0 Å². The van der Waals surface area contributed by atoms with Crippen molar-refractivity contribution < 1.29 is 23.9 Å². The summed E-state index contributed by atoms with van der Waals surface area (Å²) in [6, 6.07) is 20.0. The molecular formula is C22H20N2O6. The summed E-state index contributed by atoms with van der Waals surface area (Å²) in [5, 5.41) is 13.6. The van der Waals surface area contributed by atoms with Crippen LogP contribution in [0.3, 0.4) is 0 Å². The van der Waals surface area contributed by atoms with Gasteiger partial charge in [0, 0.05) is 11.6 Å². The molecule has 154 valence electrons. The fourth-order valence-corrected chi connectivity index (χ4v) is 2.63. The van der Waals surface area contributed by atoms with Gasteiger partial charge in [0.25, 0.3) is 11.6 Å². The quantitative estimate of drug-likeness (QED) is 0.322. The predicted octanol–water partition coefficient (Wildman–Crippen LogP) is 4.31. The summed E-state index contributed by atoms with van der Waals surface area (Å²) in [7, 11) is 1.38. The molecule has 0 atom stereocenters. The molecule has 0 aliphatic rings. The summed E-state index contributed by atoms with van der Waals surface area (Å²) in [5.41, 5.74) is 0.623. The molecule has 3 aromatic carbocycles. The van der Waals surface area contributed by atoms with Crippen molar-refractivity contribution in [3.05, 3.63) is 88.5 Å². The van der Waals surface area contributed by atoms with E-state index in [-0.39, 0.29) is 17.3 Å². The van der Waals surface area contributed by atoms with E-state index < -0.39 is 4.92 Å². The van der Waals surface area contributed by atoms with E-state index in [0.717, 1.165) is 5.75 Å². The number of hydrogen-bond acceptors (Lipinski definition) is 6. The van der Waals surface area contributed by atoms with Crippen LogP contribution in [0.2, 0.25) is 0 Å². The number of benzene rings is 3. The zero-order valence-electron chi connectivity index (χ0n) is 16.2. The molecule has 0 fully saturated rings. The predicted molar refractivity (Wildman–Crippen MR) is 111 cm³/mol. The summed E-state index contributed by atoms with van der Waals surface area (Å²) in [6.07, 6.45) is 0. The van der Waals surface area contributed by atoms with E-state index in [0.29, 0.717) is 30.2 Å². The van der Waals surface area contributed by atoms with E-state index in [2.05, 4.69) is 5.32 Å². The van der Waals surface area contributed by atoms with Crippen molar-refractivity contribution in [2.24, 2.45) is 0 Å². The number of carbonyl (C=O) groups excluding carboxylic acids is 1. The minimum absolute atomic E-state index is 0.123. The molecule has 1 amide bonds. The van der Waals surface area contributed by atoms with E-state index >= 15 is 0 Å². The zero-order chi connectivity index (χ0) is 21.3. The molecule has 0 bridgehead atoms. The Balaban J connectivity index is 1.54. The van der Waals surface area contributed by atoms with Crippen molar-refractivity contribution in [1.29, 1.82) is 0 Å². The second kappa shape index (κ2) is 9.92. The third kappa shape index (κ3) is 5.48. The number of methoxy groups -OCH3 is 1. The van der Waals surface area contributed by atoms with Gasteiger partial charge in [-0.05, 0) is 42.5 Å². The van der Waals surface area contributed by atoms with E-state index in [9.17, 15) is 14.9 Å². The summed E-state index contributed by atoms with van der Waals surface area (Å²) < 4.78 is 16.3. The second-order valence-electron chi connectivity index (χ2n) is 6.13. The number of anilines is 1. The molecule has 0 radical (unpaired) electrons. The molecule has 3 aromatic rings. The van der Waals surface area contributed by atoms with Gasteiger partial charge in [-0.1, -0.05) is 18.2 Å². The van der Waals surface area contributed by atoms with Crippen molar-refractivity contribution in [1.82, 2.24) is 0 Å². The van der Waals surface area contributed by atoms with Crippen LogP contribution in [0, 0.1) is 10.1 Å². The first-order valence-corrected chi connectivity index (χ1v) is 9.11. The Kier molecular flexibility index (Phi) is 6.83. The Morgan fingerprint density at radius 1 is 0.933 bits per heavy atom. The van der Waals surface area contributed by atoms with Gasteiger partial charge in [0.05, 0.1) is 23.8 Å². The Labute approximate surface area is 173 Å². The Hall–Kier alpha value is -4.07. The highest BCUT2D eigenvalue weighted by atomic mass is 16.6. The summed E-state index contributed by atoms with van der Waals surface area (Å²) in [6.45, 7) is 0.757. The lowest BCUT2D eigenvalue weighted by molar-refractivity contribution is -0.384. The largest absolute Gasteiger partial charge is 0.494 e. The van der Waals surface area contributed by atoms with Crippen LogP contribution in [0.5, 0.6) is 17.2 Å². The molecule has 8 nitrogen and oxygen atoms in total. The van der Waals surface area contributed by atoms with Gasteiger partial charge in [0.1, 0.15) is 30.5 Å². The summed E-state index contributed by atoms with van der Waals surface area (Å²) >= 11 is 0. The van der Waals surface area contributed by atoms with Gasteiger partial charge in [-0.25, -0.2) is 0 Å². The maximum Gasteiger partial charge on any atom is 0.273 e. The number of nitrogens with one attached hydrogen (secondary N) is 1. The van der Waals surface area contributed by atoms with Crippen LogP contribution in [0.1, 0.15) is 10.4 Å². The third-order valence-electron chi connectivity index (χ3n) is 4.12. The van der Waals surface area contributed by atoms with Crippen LogP contribution in [0.4, 0.5) is 11.4 Å². The number of nitro benzene ring substituents is 1. The smallest absolute Gasteiger partial charge is 0.273 e. The Morgan fingerprint density at radius 3 is 2.17 bits per heavy atom. The minimum atomic E-state index is -0.530. The zero-order valence-corrected chi connectivity index (χ0v) is 16.2. The highest BCUT2D eigenvalue weighted by Gasteiger charge is 2.14. The fraction of sp³-hybridized carbons (Fsp3) is 0.136. The molecule has 0 spiro atoms. The van der Waals surface area contributed by atoms with E-state index in [4.69, 9.17) is 14.2 Å². The maximum absolute atomic E-state index is 12.5.